The topological polar surface area (TPSA) is 22.0 Å². The predicted octanol–water partition coefficient (Wildman–Crippen LogP) is 2.76. The van der Waals surface area contributed by atoms with E-state index in [1.807, 2.05) is 37.3 Å². The van der Waals surface area contributed by atoms with Crippen LogP contribution in [0, 0.1) is 0 Å². The van der Waals surface area contributed by atoms with E-state index < -0.39 is 0 Å². The van der Waals surface area contributed by atoms with E-state index in [0.29, 0.717) is 12.1 Å². The Kier molecular flexibility index (Phi) is 2.78. The van der Waals surface area contributed by atoms with Gasteiger partial charge in [0.2, 0.25) is 0 Å². The molecule has 0 fully saturated rings. The highest BCUT2D eigenvalue weighted by Gasteiger charge is 2.06. The Hall–Kier alpha value is -1.28. The van der Waals surface area contributed by atoms with E-state index in [0.717, 1.165) is 10.9 Å². The summed E-state index contributed by atoms with van der Waals surface area (Å²) in [5, 5.41) is 1.06. The average Bonchev–Trinajstić information content (AvgIpc) is 2.28. The van der Waals surface area contributed by atoms with Crippen molar-refractivity contribution in [2.24, 2.45) is 0 Å². The van der Waals surface area contributed by atoms with Gasteiger partial charge in [-0.05, 0) is 24.4 Å². The number of aromatic nitrogens is 1. The van der Waals surface area contributed by atoms with Crippen LogP contribution >= 0.6 is 11.6 Å². The second-order valence-electron chi connectivity index (χ2n) is 3.41. The van der Waals surface area contributed by atoms with Gasteiger partial charge in [-0.15, -0.1) is 11.6 Å². The van der Waals surface area contributed by atoms with Gasteiger partial charge in [0.15, 0.2) is 0 Å². The van der Waals surface area contributed by atoms with Crippen LogP contribution in [0.2, 0.25) is 0 Å². The van der Waals surface area contributed by atoms with Crippen molar-refractivity contribution in [2.45, 2.75) is 19.3 Å². The van der Waals surface area contributed by atoms with Crippen LogP contribution in [0.25, 0.3) is 10.9 Å². The molecule has 0 saturated heterocycles. The van der Waals surface area contributed by atoms with Crippen LogP contribution in [0.15, 0.2) is 35.1 Å². The standard InChI is InChI=1S/C12H12ClNO/c1-2-14-11-6-4-3-5-9(11)7-10(8-13)12(14)15/h3-7H,2,8H2,1H3. The molecule has 2 aromatic rings. The first kappa shape index (κ1) is 10.2. The molecule has 2 rings (SSSR count). The summed E-state index contributed by atoms with van der Waals surface area (Å²) in [6.07, 6.45) is 0. The summed E-state index contributed by atoms with van der Waals surface area (Å²) in [6.45, 7) is 2.63. The number of benzene rings is 1. The minimum absolute atomic E-state index is 0.0196. The van der Waals surface area contributed by atoms with E-state index in [1.165, 1.54) is 0 Å². The van der Waals surface area contributed by atoms with Crippen molar-refractivity contribution in [2.75, 3.05) is 0 Å². The van der Waals surface area contributed by atoms with Gasteiger partial charge < -0.3 is 4.57 Å². The highest BCUT2D eigenvalue weighted by molar-refractivity contribution is 6.17. The third-order valence-electron chi connectivity index (χ3n) is 2.54. The number of aryl methyl sites for hydroxylation is 1. The van der Waals surface area contributed by atoms with Crippen LogP contribution < -0.4 is 5.56 Å². The van der Waals surface area contributed by atoms with Crippen LogP contribution in [0.3, 0.4) is 0 Å². The summed E-state index contributed by atoms with van der Waals surface area (Å²) in [6, 6.07) is 9.73. The zero-order valence-corrected chi connectivity index (χ0v) is 9.29. The molecule has 0 aliphatic rings. The second kappa shape index (κ2) is 4.07. The Morgan fingerprint density at radius 2 is 2.07 bits per heavy atom. The third kappa shape index (κ3) is 1.65. The number of pyridine rings is 1. The maximum atomic E-state index is 11.9. The maximum Gasteiger partial charge on any atom is 0.255 e. The number of alkyl halides is 1. The van der Waals surface area contributed by atoms with Gasteiger partial charge in [0.1, 0.15) is 0 Å². The summed E-state index contributed by atoms with van der Waals surface area (Å²) in [7, 11) is 0. The van der Waals surface area contributed by atoms with Crippen molar-refractivity contribution in [1.82, 2.24) is 4.57 Å². The van der Waals surface area contributed by atoms with Gasteiger partial charge in [-0.3, -0.25) is 4.79 Å². The molecule has 1 heterocycles. The molecule has 0 aliphatic heterocycles. The average molecular weight is 222 g/mol. The summed E-state index contributed by atoms with van der Waals surface area (Å²) >= 11 is 5.75. The lowest BCUT2D eigenvalue weighted by molar-refractivity contribution is 0.752. The molecule has 0 saturated carbocycles. The summed E-state index contributed by atoms with van der Waals surface area (Å²) in [4.78, 5) is 11.9. The molecular formula is C12H12ClNO. The first-order valence-electron chi connectivity index (χ1n) is 4.95. The highest BCUT2D eigenvalue weighted by atomic mass is 35.5. The lowest BCUT2D eigenvalue weighted by Gasteiger charge is -2.09. The summed E-state index contributed by atoms with van der Waals surface area (Å²) in [5.41, 5.74) is 1.65. The zero-order valence-electron chi connectivity index (χ0n) is 8.53. The largest absolute Gasteiger partial charge is 0.308 e. The van der Waals surface area contributed by atoms with E-state index >= 15 is 0 Å². The number of hydrogen-bond acceptors (Lipinski definition) is 1. The smallest absolute Gasteiger partial charge is 0.255 e. The van der Waals surface area contributed by atoms with Crippen LogP contribution in [-0.2, 0) is 12.4 Å². The molecule has 1 aromatic carbocycles. The Labute approximate surface area is 93.1 Å². The van der Waals surface area contributed by atoms with E-state index in [2.05, 4.69) is 0 Å². The minimum atomic E-state index is 0.0196. The number of rotatable bonds is 2. The number of para-hydroxylation sites is 1. The van der Waals surface area contributed by atoms with Crippen LogP contribution in [-0.4, -0.2) is 4.57 Å². The molecule has 15 heavy (non-hydrogen) atoms. The molecule has 0 amide bonds. The molecule has 0 bridgehead atoms. The predicted molar refractivity (Wildman–Crippen MR) is 63.4 cm³/mol. The number of fused-ring (bicyclic) bond motifs is 1. The Balaban J connectivity index is 2.90. The Morgan fingerprint density at radius 3 is 2.73 bits per heavy atom. The SMILES string of the molecule is CCn1c(=O)c(CCl)cc2ccccc21. The second-order valence-corrected chi connectivity index (χ2v) is 3.68. The fraction of sp³-hybridized carbons (Fsp3) is 0.250. The Bertz CT molecular complexity index is 545. The lowest BCUT2D eigenvalue weighted by atomic mass is 10.1. The lowest BCUT2D eigenvalue weighted by Crippen LogP contribution is -2.22. The molecule has 0 N–H and O–H groups in total. The van der Waals surface area contributed by atoms with Gasteiger partial charge in [-0.2, -0.15) is 0 Å². The van der Waals surface area contributed by atoms with Crippen LogP contribution in [0.4, 0.5) is 0 Å². The molecular weight excluding hydrogens is 210 g/mol. The fourth-order valence-corrected chi connectivity index (χ4v) is 1.99. The molecule has 2 nitrogen and oxygen atoms in total. The van der Waals surface area contributed by atoms with E-state index in [9.17, 15) is 4.79 Å². The van der Waals surface area contributed by atoms with Gasteiger partial charge in [-0.1, -0.05) is 18.2 Å². The molecule has 1 aromatic heterocycles. The summed E-state index contributed by atoms with van der Waals surface area (Å²) < 4.78 is 1.76. The van der Waals surface area contributed by atoms with Gasteiger partial charge in [0.25, 0.3) is 5.56 Å². The quantitative estimate of drug-likeness (QED) is 0.715. The maximum absolute atomic E-state index is 11.9. The van der Waals surface area contributed by atoms with Gasteiger partial charge in [-0.25, -0.2) is 0 Å². The zero-order chi connectivity index (χ0) is 10.8. The molecule has 0 atom stereocenters. The molecule has 0 aliphatic carbocycles. The summed E-state index contributed by atoms with van der Waals surface area (Å²) in [5.74, 6) is 0.268. The van der Waals surface area contributed by atoms with Gasteiger partial charge >= 0.3 is 0 Å². The third-order valence-corrected chi connectivity index (χ3v) is 2.83. The normalized spacial score (nSPS) is 10.8. The van der Waals surface area contributed by atoms with Crippen molar-refractivity contribution >= 4 is 22.5 Å². The molecule has 0 radical (unpaired) electrons. The van der Waals surface area contributed by atoms with Crippen LogP contribution in [0.1, 0.15) is 12.5 Å². The number of halogens is 1. The van der Waals surface area contributed by atoms with Crippen molar-refractivity contribution in [3.63, 3.8) is 0 Å². The first-order valence-corrected chi connectivity index (χ1v) is 5.48. The van der Waals surface area contributed by atoms with Crippen molar-refractivity contribution in [1.29, 1.82) is 0 Å². The highest BCUT2D eigenvalue weighted by Crippen LogP contribution is 2.14. The van der Waals surface area contributed by atoms with Crippen molar-refractivity contribution < 1.29 is 0 Å². The van der Waals surface area contributed by atoms with Gasteiger partial charge in [0.05, 0.1) is 11.4 Å². The van der Waals surface area contributed by atoms with Crippen molar-refractivity contribution in [3.05, 3.63) is 46.2 Å². The molecule has 0 unspecified atom stereocenters. The first-order chi connectivity index (χ1) is 7.27. The molecule has 3 heteroatoms. The van der Waals surface area contributed by atoms with Crippen LogP contribution in [0.5, 0.6) is 0 Å². The van der Waals surface area contributed by atoms with E-state index in [1.54, 1.807) is 4.57 Å². The van der Waals surface area contributed by atoms with Gasteiger partial charge in [0, 0.05) is 12.1 Å². The molecule has 78 valence electrons. The van der Waals surface area contributed by atoms with Crippen molar-refractivity contribution in [3.8, 4) is 0 Å². The monoisotopic (exact) mass is 221 g/mol. The Morgan fingerprint density at radius 1 is 1.33 bits per heavy atom. The fourth-order valence-electron chi connectivity index (χ4n) is 1.80. The number of hydrogen-bond donors (Lipinski definition) is 0. The minimum Gasteiger partial charge on any atom is -0.308 e. The van der Waals surface area contributed by atoms with E-state index in [-0.39, 0.29) is 11.4 Å². The van der Waals surface area contributed by atoms with E-state index in [4.69, 9.17) is 11.6 Å². The number of nitrogens with zero attached hydrogens (tertiary/aromatic N) is 1. The molecule has 0 spiro atoms.